The van der Waals surface area contributed by atoms with Crippen LogP contribution in [-0.2, 0) is 6.54 Å². The summed E-state index contributed by atoms with van der Waals surface area (Å²) in [6.45, 7) is 8.28. The van der Waals surface area contributed by atoms with Crippen LogP contribution in [0.5, 0.6) is 0 Å². The van der Waals surface area contributed by atoms with Gasteiger partial charge in [-0.05, 0) is 30.4 Å². The van der Waals surface area contributed by atoms with Gasteiger partial charge in [0.2, 0.25) is 0 Å². The second-order valence-electron chi connectivity index (χ2n) is 6.37. The number of aromatic nitrogens is 1. The first-order chi connectivity index (χ1) is 9.22. The average molecular weight is 263 g/mol. The summed E-state index contributed by atoms with van der Waals surface area (Å²) in [5, 5.41) is 0. The van der Waals surface area contributed by atoms with E-state index in [1.807, 2.05) is 0 Å². The first-order valence-corrected chi connectivity index (χ1v) is 8.33. The van der Waals surface area contributed by atoms with Gasteiger partial charge in [-0.3, -0.25) is 0 Å². The van der Waals surface area contributed by atoms with Crippen LogP contribution in [-0.4, -0.2) is 4.57 Å². The van der Waals surface area contributed by atoms with Gasteiger partial charge < -0.3 is 4.57 Å². The first kappa shape index (κ1) is 16.3. The summed E-state index contributed by atoms with van der Waals surface area (Å²) in [5.41, 5.74) is 0. The standard InChI is InChI=1S/C18H33N/c1-4-5-6-7-8-11-17(2)12-13-18(3)16-19-14-9-10-15-19/h9-10,14-15,17-18H,4-8,11-13,16H2,1-3H3. The molecule has 1 rings (SSSR count). The summed E-state index contributed by atoms with van der Waals surface area (Å²) >= 11 is 0. The lowest BCUT2D eigenvalue weighted by atomic mass is 9.93. The zero-order valence-corrected chi connectivity index (χ0v) is 13.3. The van der Waals surface area contributed by atoms with Gasteiger partial charge in [-0.2, -0.15) is 0 Å². The fourth-order valence-corrected chi connectivity index (χ4v) is 2.75. The van der Waals surface area contributed by atoms with Crippen LogP contribution in [0.2, 0.25) is 0 Å². The van der Waals surface area contributed by atoms with Gasteiger partial charge in [-0.15, -0.1) is 0 Å². The number of nitrogens with zero attached hydrogens (tertiary/aromatic N) is 1. The molecule has 2 unspecified atom stereocenters. The maximum Gasteiger partial charge on any atom is 0.0245 e. The van der Waals surface area contributed by atoms with Gasteiger partial charge in [0.05, 0.1) is 0 Å². The molecule has 1 aromatic rings. The molecule has 0 aliphatic heterocycles. The highest BCUT2D eigenvalue weighted by Crippen LogP contribution is 2.19. The number of unbranched alkanes of at least 4 members (excludes halogenated alkanes) is 4. The molecule has 110 valence electrons. The molecule has 0 aliphatic rings. The van der Waals surface area contributed by atoms with E-state index in [2.05, 4.69) is 49.9 Å². The Morgan fingerprint density at radius 1 is 0.789 bits per heavy atom. The second-order valence-corrected chi connectivity index (χ2v) is 6.37. The fraction of sp³-hybridized carbons (Fsp3) is 0.778. The molecule has 1 aromatic heterocycles. The van der Waals surface area contributed by atoms with Gasteiger partial charge in [-0.25, -0.2) is 0 Å². The van der Waals surface area contributed by atoms with Crippen LogP contribution in [0.3, 0.4) is 0 Å². The highest BCUT2D eigenvalue weighted by Gasteiger charge is 2.07. The zero-order valence-electron chi connectivity index (χ0n) is 13.3. The third kappa shape index (κ3) is 8.13. The molecule has 0 radical (unpaired) electrons. The largest absolute Gasteiger partial charge is 0.354 e. The molecular formula is C18H33N. The SMILES string of the molecule is CCCCCCCC(C)CCC(C)Cn1cccc1. The van der Waals surface area contributed by atoms with Crippen molar-refractivity contribution >= 4 is 0 Å². The van der Waals surface area contributed by atoms with Crippen molar-refractivity contribution in [2.24, 2.45) is 11.8 Å². The van der Waals surface area contributed by atoms with Crippen LogP contribution in [0.15, 0.2) is 24.5 Å². The van der Waals surface area contributed by atoms with Gasteiger partial charge >= 0.3 is 0 Å². The molecule has 0 aliphatic carbocycles. The molecule has 0 saturated carbocycles. The summed E-state index contributed by atoms with van der Waals surface area (Å²) in [5.74, 6) is 1.71. The summed E-state index contributed by atoms with van der Waals surface area (Å²) in [7, 11) is 0. The van der Waals surface area contributed by atoms with E-state index in [4.69, 9.17) is 0 Å². The van der Waals surface area contributed by atoms with Crippen molar-refractivity contribution in [3.05, 3.63) is 24.5 Å². The van der Waals surface area contributed by atoms with Crippen molar-refractivity contribution in [3.8, 4) is 0 Å². The minimum Gasteiger partial charge on any atom is -0.354 e. The van der Waals surface area contributed by atoms with Crippen LogP contribution in [0, 0.1) is 11.8 Å². The molecule has 0 aromatic carbocycles. The molecule has 0 N–H and O–H groups in total. The van der Waals surface area contributed by atoms with Crippen molar-refractivity contribution in [2.45, 2.75) is 78.7 Å². The van der Waals surface area contributed by atoms with Crippen LogP contribution in [0.4, 0.5) is 0 Å². The van der Waals surface area contributed by atoms with E-state index in [9.17, 15) is 0 Å². The van der Waals surface area contributed by atoms with Crippen LogP contribution in [0.25, 0.3) is 0 Å². The fourth-order valence-electron chi connectivity index (χ4n) is 2.75. The van der Waals surface area contributed by atoms with Crippen molar-refractivity contribution < 1.29 is 0 Å². The lowest BCUT2D eigenvalue weighted by Gasteiger charge is -2.16. The smallest absolute Gasteiger partial charge is 0.0245 e. The molecule has 19 heavy (non-hydrogen) atoms. The minimum atomic E-state index is 0.801. The highest BCUT2D eigenvalue weighted by atomic mass is 14.9. The van der Waals surface area contributed by atoms with Gasteiger partial charge in [0.25, 0.3) is 0 Å². The summed E-state index contributed by atoms with van der Waals surface area (Å²) < 4.78 is 2.31. The minimum absolute atomic E-state index is 0.801. The first-order valence-electron chi connectivity index (χ1n) is 8.33. The Labute approximate surface area is 120 Å². The predicted octanol–water partition coefficient (Wildman–Crippen LogP) is 5.90. The van der Waals surface area contributed by atoms with E-state index >= 15 is 0 Å². The third-order valence-corrected chi connectivity index (χ3v) is 4.14. The summed E-state index contributed by atoms with van der Waals surface area (Å²) in [6.07, 6.45) is 15.6. The lowest BCUT2D eigenvalue weighted by molar-refractivity contribution is 0.372. The molecule has 0 bridgehead atoms. The van der Waals surface area contributed by atoms with Gasteiger partial charge in [0, 0.05) is 18.9 Å². The van der Waals surface area contributed by atoms with Crippen LogP contribution < -0.4 is 0 Å². The van der Waals surface area contributed by atoms with E-state index < -0.39 is 0 Å². The Morgan fingerprint density at radius 3 is 2.11 bits per heavy atom. The molecule has 1 heterocycles. The average Bonchev–Trinajstić information content (AvgIpc) is 2.89. The van der Waals surface area contributed by atoms with Gasteiger partial charge in [0.15, 0.2) is 0 Å². The molecule has 0 saturated heterocycles. The van der Waals surface area contributed by atoms with Crippen LogP contribution >= 0.6 is 0 Å². The molecule has 1 nitrogen and oxygen atoms in total. The van der Waals surface area contributed by atoms with Crippen molar-refractivity contribution in [3.63, 3.8) is 0 Å². The van der Waals surface area contributed by atoms with Gasteiger partial charge in [0.1, 0.15) is 0 Å². The van der Waals surface area contributed by atoms with Crippen molar-refractivity contribution in [1.82, 2.24) is 4.57 Å². The third-order valence-electron chi connectivity index (χ3n) is 4.14. The molecule has 2 atom stereocenters. The summed E-state index contributed by atoms with van der Waals surface area (Å²) in [6, 6.07) is 4.23. The van der Waals surface area contributed by atoms with E-state index in [-0.39, 0.29) is 0 Å². The van der Waals surface area contributed by atoms with Crippen LogP contribution in [0.1, 0.15) is 72.1 Å². The Balaban J connectivity index is 2.01. The molecule has 1 heteroatoms. The predicted molar refractivity (Wildman–Crippen MR) is 85.4 cm³/mol. The Kier molecular flexibility index (Phi) is 8.69. The maximum absolute atomic E-state index is 2.43. The second kappa shape index (κ2) is 10.1. The van der Waals surface area contributed by atoms with Gasteiger partial charge in [-0.1, -0.05) is 65.7 Å². The van der Waals surface area contributed by atoms with E-state index in [1.54, 1.807) is 0 Å². The van der Waals surface area contributed by atoms with Crippen molar-refractivity contribution in [2.75, 3.05) is 0 Å². The van der Waals surface area contributed by atoms with E-state index in [0.717, 1.165) is 11.8 Å². The normalized spacial score (nSPS) is 14.5. The molecule has 0 fully saturated rings. The van der Waals surface area contributed by atoms with E-state index in [1.165, 1.54) is 57.9 Å². The number of hydrogen-bond donors (Lipinski definition) is 0. The molecule has 0 amide bonds. The quantitative estimate of drug-likeness (QED) is 0.438. The maximum atomic E-state index is 2.43. The lowest BCUT2D eigenvalue weighted by Crippen LogP contribution is -2.07. The van der Waals surface area contributed by atoms with E-state index in [0.29, 0.717) is 0 Å². The zero-order chi connectivity index (χ0) is 13.9. The highest BCUT2D eigenvalue weighted by molar-refractivity contribution is 4.90. The molecule has 0 spiro atoms. The Morgan fingerprint density at radius 2 is 1.42 bits per heavy atom. The molecular weight excluding hydrogens is 230 g/mol. The number of hydrogen-bond acceptors (Lipinski definition) is 0. The monoisotopic (exact) mass is 263 g/mol. The van der Waals surface area contributed by atoms with Crippen molar-refractivity contribution in [1.29, 1.82) is 0 Å². The Hall–Kier alpha value is -0.720. The number of rotatable bonds is 11. The summed E-state index contributed by atoms with van der Waals surface area (Å²) in [4.78, 5) is 0. The topological polar surface area (TPSA) is 4.93 Å². The Bertz CT molecular complexity index is 289.